The monoisotopic (exact) mass is 1230 g/mol. The first kappa shape index (κ1) is 82.3. The van der Waals surface area contributed by atoms with E-state index in [9.17, 15) is 35.1 Å². The fourth-order valence-electron chi connectivity index (χ4n) is 10.7. The van der Waals surface area contributed by atoms with Gasteiger partial charge in [-0.25, -0.2) is 0 Å². The SMILES string of the molecule is CC/C=C\C/C=C\C/C=C\C/C=C\C/C=C\CCCCCCCCCC(=O)OC1C(OCC(NC(=O)C(O)CCCCCCCCCCCCC/C=C\C/C=C\C/C=C\CCCCC)C(O)/C=C/CCCCCCCCCCCC)OC(CO)C(O)C1O. The average molecular weight is 1230 g/mol. The van der Waals surface area contributed by atoms with Gasteiger partial charge in [-0.15, -0.1) is 0 Å². The van der Waals surface area contributed by atoms with Gasteiger partial charge >= 0.3 is 5.97 Å². The van der Waals surface area contributed by atoms with Gasteiger partial charge in [-0.2, -0.15) is 0 Å². The second kappa shape index (κ2) is 63.5. The smallest absolute Gasteiger partial charge is 0.306 e. The topological polar surface area (TPSA) is 175 Å². The van der Waals surface area contributed by atoms with Crippen LogP contribution in [0, 0.1) is 0 Å². The molecule has 1 rings (SSSR count). The normalized spacial score (nSPS) is 18.8. The Morgan fingerprint density at radius 3 is 1.25 bits per heavy atom. The Morgan fingerprint density at radius 2 is 0.818 bits per heavy atom. The number of aliphatic hydroxyl groups excluding tert-OH is 5. The third-order valence-corrected chi connectivity index (χ3v) is 16.4. The molecule has 1 aliphatic rings. The molecule has 6 N–H and O–H groups in total. The van der Waals surface area contributed by atoms with Crippen molar-refractivity contribution in [2.75, 3.05) is 13.2 Å². The van der Waals surface area contributed by atoms with Crippen LogP contribution in [0.2, 0.25) is 0 Å². The molecule has 8 unspecified atom stereocenters. The van der Waals surface area contributed by atoms with Gasteiger partial charge in [0.05, 0.1) is 25.4 Å². The van der Waals surface area contributed by atoms with Crippen LogP contribution in [-0.4, -0.2) is 99.6 Å². The van der Waals surface area contributed by atoms with Crippen LogP contribution < -0.4 is 5.32 Å². The van der Waals surface area contributed by atoms with Crippen LogP contribution in [0.4, 0.5) is 0 Å². The zero-order chi connectivity index (χ0) is 63.9. The Bertz CT molecular complexity index is 1850. The van der Waals surface area contributed by atoms with Crippen LogP contribution in [0.5, 0.6) is 0 Å². The van der Waals surface area contributed by atoms with Gasteiger partial charge in [0, 0.05) is 6.42 Å². The lowest BCUT2D eigenvalue weighted by atomic mass is 9.99. The van der Waals surface area contributed by atoms with Crippen LogP contribution in [0.3, 0.4) is 0 Å². The molecule has 0 aromatic heterocycles. The standard InChI is InChI=1S/C77H133NO10/c1-4-7-10-13-16-19-22-25-27-29-31-33-35-37-38-40-42-44-46-49-52-55-58-61-64-70(81)76(85)78-68(69(80)63-60-57-54-51-48-24-21-18-15-12-9-6-3)67-86-77-75(74(84)73(83)71(66-79)87-77)88-72(82)65-62-59-56-53-50-47-45-43-41-39-36-34-32-30-28-26-23-20-17-14-11-8-5-2/h8,11,16-17,19-20,25-28,31-34,39,41,60,63,68-71,73-75,77,79-81,83-84H,4-7,9-10,12-15,18,21-24,29-30,35-38,40,42-59,61-62,64-67H2,1-3H3,(H,78,85)/b11-8-,19-16-,20-17-,27-25-,28-26-,33-31-,34-32-,41-39-,63-60+. The largest absolute Gasteiger partial charge is 0.454 e. The molecule has 8 atom stereocenters. The van der Waals surface area contributed by atoms with E-state index in [1.54, 1.807) is 6.08 Å². The lowest BCUT2D eigenvalue weighted by molar-refractivity contribution is -0.305. The van der Waals surface area contributed by atoms with Crippen molar-refractivity contribution in [2.24, 2.45) is 0 Å². The molecule has 1 heterocycles. The lowest BCUT2D eigenvalue weighted by Gasteiger charge is -2.41. The quantitative estimate of drug-likeness (QED) is 0.0195. The van der Waals surface area contributed by atoms with E-state index in [-0.39, 0.29) is 19.4 Å². The molecule has 0 bridgehead atoms. The third kappa shape index (κ3) is 50.0. The van der Waals surface area contributed by atoms with Gasteiger partial charge in [-0.05, 0) is 109 Å². The summed E-state index contributed by atoms with van der Waals surface area (Å²) in [6, 6.07) is -1.03. The van der Waals surface area contributed by atoms with Gasteiger partial charge in [-0.3, -0.25) is 9.59 Å². The van der Waals surface area contributed by atoms with Gasteiger partial charge in [0.25, 0.3) is 0 Å². The fraction of sp³-hybridized carbons (Fsp3) is 0.740. The molecule has 0 aromatic rings. The van der Waals surface area contributed by atoms with Crippen molar-refractivity contribution in [1.29, 1.82) is 0 Å². The first-order valence-electron chi connectivity index (χ1n) is 36.2. The molecular formula is C77H133NO10. The number of aliphatic hydroxyl groups is 5. The maximum Gasteiger partial charge on any atom is 0.306 e. The lowest BCUT2D eigenvalue weighted by Crippen LogP contribution is -2.61. The summed E-state index contributed by atoms with van der Waals surface area (Å²) in [4.78, 5) is 26.7. The minimum Gasteiger partial charge on any atom is -0.454 e. The van der Waals surface area contributed by atoms with Crippen LogP contribution in [0.1, 0.15) is 303 Å². The summed E-state index contributed by atoms with van der Waals surface area (Å²) in [5.41, 5.74) is 0. The second-order valence-electron chi connectivity index (χ2n) is 24.6. The summed E-state index contributed by atoms with van der Waals surface area (Å²) < 4.78 is 17.7. The average Bonchev–Trinajstić information content (AvgIpc) is 2.54. The molecule has 506 valence electrons. The van der Waals surface area contributed by atoms with E-state index in [1.165, 1.54) is 122 Å². The molecule has 0 spiro atoms. The van der Waals surface area contributed by atoms with Gasteiger partial charge in [-0.1, -0.05) is 297 Å². The summed E-state index contributed by atoms with van der Waals surface area (Å²) >= 11 is 0. The number of ether oxygens (including phenoxy) is 3. The first-order valence-corrected chi connectivity index (χ1v) is 36.2. The van der Waals surface area contributed by atoms with E-state index in [2.05, 4.69) is 123 Å². The van der Waals surface area contributed by atoms with Crippen LogP contribution >= 0.6 is 0 Å². The number of carbonyl (C=O) groups excluding carboxylic acids is 2. The summed E-state index contributed by atoms with van der Waals surface area (Å²) in [7, 11) is 0. The van der Waals surface area contributed by atoms with Crippen molar-refractivity contribution < 1.29 is 49.3 Å². The van der Waals surface area contributed by atoms with Crippen molar-refractivity contribution in [3.63, 3.8) is 0 Å². The zero-order valence-corrected chi connectivity index (χ0v) is 56.3. The van der Waals surface area contributed by atoms with Gasteiger partial charge in [0.15, 0.2) is 12.4 Å². The predicted octanol–water partition coefficient (Wildman–Crippen LogP) is 18.8. The molecule has 1 saturated heterocycles. The van der Waals surface area contributed by atoms with E-state index >= 15 is 0 Å². The summed E-state index contributed by atoms with van der Waals surface area (Å²) in [5, 5.41) is 57.3. The Kier molecular flexibility index (Phi) is 59.4. The van der Waals surface area contributed by atoms with Crippen molar-refractivity contribution in [1.82, 2.24) is 5.32 Å². The molecule has 0 radical (unpaired) electrons. The Labute approximate surface area is 538 Å². The number of hydrogen-bond donors (Lipinski definition) is 6. The molecule has 0 saturated carbocycles. The van der Waals surface area contributed by atoms with Gasteiger partial charge in [0.2, 0.25) is 5.91 Å². The molecule has 11 heteroatoms. The number of nitrogens with one attached hydrogen (secondary N) is 1. The molecule has 1 amide bonds. The van der Waals surface area contributed by atoms with Crippen molar-refractivity contribution in [3.8, 4) is 0 Å². The van der Waals surface area contributed by atoms with Crippen molar-refractivity contribution >= 4 is 11.9 Å². The van der Waals surface area contributed by atoms with Crippen LogP contribution in [0.25, 0.3) is 0 Å². The second-order valence-corrected chi connectivity index (χ2v) is 24.6. The third-order valence-electron chi connectivity index (χ3n) is 16.4. The number of rotatable bonds is 61. The van der Waals surface area contributed by atoms with Crippen LogP contribution in [0.15, 0.2) is 109 Å². The van der Waals surface area contributed by atoms with E-state index in [1.807, 2.05) is 6.08 Å². The highest BCUT2D eigenvalue weighted by atomic mass is 16.7. The Hall–Kier alpha value is -3.68. The zero-order valence-electron chi connectivity index (χ0n) is 56.3. The number of amides is 1. The summed E-state index contributed by atoms with van der Waals surface area (Å²) in [6.07, 6.45) is 76.9. The van der Waals surface area contributed by atoms with E-state index in [0.717, 1.165) is 135 Å². The highest BCUT2D eigenvalue weighted by molar-refractivity contribution is 5.80. The number of hydrogen-bond acceptors (Lipinski definition) is 10. The molecule has 11 nitrogen and oxygen atoms in total. The van der Waals surface area contributed by atoms with Crippen molar-refractivity contribution in [2.45, 2.75) is 352 Å². The van der Waals surface area contributed by atoms with Crippen molar-refractivity contribution in [3.05, 3.63) is 109 Å². The molecule has 0 aliphatic carbocycles. The predicted molar refractivity (Wildman–Crippen MR) is 370 cm³/mol. The van der Waals surface area contributed by atoms with Crippen LogP contribution in [-0.2, 0) is 23.8 Å². The van der Waals surface area contributed by atoms with E-state index in [4.69, 9.17) is 14.2 Å². The summed E-state index contributed by atoms with van der Waals surface area (Å²) in [5.74, 6) is -1.21. The molecule has 0 aromatic carbocycles. The van der Waals surface area contributed by atoms with Gasteiger partial charge < -0.3 is 45.1 Å². The number of allylic oxidation sites excluding steroid dienone is 17. The van der Waals surface area contributed by atoms with E-state index in [0.29, 0.717) is 12.8 Å². The Balaban J connectivity index is 2.58. The molecule has 1 fully saturated rings. The first-order chi connectivity index (χ1) is 43.2. The molecule has 1 aliphatic heterocycles. The maximum absolute atomic E-state index is 13.5. The minimum absolute atomic E-state index is 0.106. The fourth-order valence-corrected chi connectivity index (χ4v) is 10.7. The number of esters is 1. The van der Waals surface area contributed by atoms with Gasteiger partial charge in [0.1, 0.15) is 24.4 Å². The highest BCUT2D eigenvalue weighted by Crippen LogP contribution is 2.26. The molecule has 88 heavy (non-hydrogen) atoms. The summed E-state index contributed by atoms with van der Waals surface area (Å²) in [6.45, 7) is 5.66. The number of carbonyl (C=O) groups is 2. The minimum atomic E-state index is -1.63. The Morgan fingerprint density at radius 1 is 0.455 bits per heavy atom. The molecular weight excluding hydrogens is 1100 g/mol. The highest BCUT2D eigenvalue weighted by Gasteiger charge is 2.47. The van der Waals surface area contributed by atoms with E-state index < -0.39 is 67.4 Å². The maximum atomic E-state index is 13.5. The number of unbranched alkanes of at least 4 members (excludes halogenated alkanes) is 31.